The van der Waals surface area contributed by atoms with E-state index in [1.54, 1.807) is 6.92 Å². The monoisotopic (exact) mass is 286 g/mol. The molecule has 21 heavy (non-hydrogen) atoms. The molecule has 2 rings (SSSR count). The van der Waals surface area contributed by atoms with Gasteiger partial charge in [-0.25, -0.2) is 9.13 Å². The molecule has 1 aromatic heterocycles. The van der Waals surface area contributed by atoms with Crippen LogP contribution in [0.4, 0.5) is 0 Å². The number of carbonyl (C=O) groups excluding carboxylic acids is 1. The van der Waals surface area contributed by atoms with Crippen LogP contribution in [0.25, 0.3) is 0 Å². The number of aliphatic carboxylic acids is 1. The standard InChI is InChI=1S/C17H22N2O2/c1-3-7-16-18(12-14(2)17(20)21)10-11-19(16)13-15-8-5-4-6-9-15/h4-6,8-11,14H,3,7,12-13H2,1-2H3. The van der Waals surface area contributed by atoms with Gasteiger partial charge in [0, 0.05) is 18.3 Å². The molecule has 0 N–H and O–H groups in total. The maximum atomic E-state index is 10.9. The zero-order valence-corrected chi connectivity index (χ0v) is 12.7. The van der Waals surface area contributed by atoms with Gasteiger partial charge in [-0.3, -0.25) is 0 Å². The first-order valence-electron chi connectivity index (χ1n) is 7.44. The maximum absolute atomic E-state index is 10.9. The summed E-state index contributed by atoms with van der Waals surface area (Å²) >= 11 is 0. The van der Waals surface area contributed by atoms with Crippen molar-refractivity contribution in [2.45, 2.75) is 39.8 Å². The number of carbonyl (C=O) groups is 1. The Hall–Kier alpha value is -2.10. The SMILES string of the molecule is CCCc1n(CC(C)C(=O)[O-])cc[n+]1Cc1ccccc1. The zero-order chi connectivity index (χ0) is 15.2. The van der Waals surface area contributed by atoms with E-state index in [1.807, 2.05) is 35.2 Å². The predicted molar refractivity (Wildman–Crippen MR) is 78.3 cm³/mol. The molecular formula is C17H22N2O2. The minimum Gasteiger partial charge on any atom is -0.550 e. The molecule has 1 heterocycles. The predicted octanol–water partition coefficient (Wildman–Crippen LogP) is 1.16. The van der Waals surface area contributed by atoms with Crippen molar-refractivity contribution in [2.75, 3.05) is 0 Å². The summed E-state index contributed by atoms with van der Waals surface area (Å²) in [5.41, 5.74) is 1.24. The lowest BCUT2D eigenvalue weighted by Gasteiger charge is -2.11. The van der Waals surface area contributed by atoms with Crippen LogP contribution in [0.3, 0.4) is 0 Å². The molecule has 1 unspecified atom stereocenters. The third-order valence-electron chi connectivity index (χ3n) is 3.63. The summed E-state index contributed by atoms with van der Waals surface area (Å²) in [4.78, 5) is 10.9. The Morgan fingerprint density at radius 3 is 2.67 bits per heavy atom. The van der Waals surface area contributed by atoms with Crippen LogP contribution in [-0.4, -0.2) is 10.5 Å². The lowest BCUT2D eigenvalue weighted by atomic mass is 10.2. The Labute approximate surface area is 125 Å². The number of imidazole rings is 1. The van der Waals surface area contributed by atoms with Crippen LogP contribution in [0.5, 0.6) is 0 Å². The van der Waals surface area contributed by atoms with E-state index in [0.717, 1.165) is 25.2 Å². The van der Waals surface area contributed by atoms with Crippen LogP contribution in [0.1, 0.15) is 31.7 Å². The molecule has 112 valence electrons. The van der Waals surface area contributed by atoms with Crippen LogP contribution >= 0.6 is 0 Å². The molecule has 0 saturated heterocycles. The van der Waals surface area contributed by atoms with Gasteiger partial charge in [-0.1, -0.05) is 44.2 Å². The van der Waals surface area contributed by atoms with Crippen molar-refractivity contribution in [3.05, 3.63) is 54.1 Å². The van der Waals surface area contributed by atoms with Crippen molar-refractivity contribution in [3.63, 3.8) is 0 Å². The average Bonchev–Trinajstić information content (AvgIpc) is 2.83. The van der Waals surface area contributed by atoms with E-state index in [1.165, 1.54) is 5.56 Å². The highest BCUT2D eigenvalue weighted by Gasteiger charge is 2.18. The third-order valence-corrected chi connectivity index (χ3v) is 3.63. The molecule has 0 spiro atoms. The molecule has 1 atom stereocenters. The smallest absolute Gasteiger partial charge is 0.256 e. The highest BCUT2D eigenvalue weighted by Crippen LogP contribution is 2.07. The summed E-state index contributed by atoms with van der Waals surface area (Å²) in [7, 11) is 0. The Balaban J connectivity index is 2.22. The van der Waals surface area contributed by atoms with Crippen molar-refractivity contribution < 1.29 is 14.5 Å². The van der Waals surface area contributed by atoms with Gasteiger partial charge in [-0.15, -0.1) is 0 Å². The molecule has 0 bridgehead atoms. The second kappa shape index (κ2) is 7.07. The van der Waals surface area contributed by atoms with E-state index in [0.29, 0.717) is 6.54 Å². The van der Waals surface area contributed by atoms with Gasteiger partial charge in [-0.05, 0) is 12.0 Å². The zero-order valence-electron chi connectivity index (χ0n) is 12.7. The summed E-state index contributed by atoms with van der Waals surface area (Å²) in [6.07, 6.45) is 5.95. The fourth-order valence-electron chi connectivity index (χ4n) is 2.47. The molecule has 0 radical (unpaired) electrons. The highest BCUT2D eigenvalue weighted by molar-refractivity contribution is 5.66. The van der Waals surface area contributed by atoms with E-state index in [4.69, 9.17) is 0 Å². The average molecular weight is 286 g/mol. The van der Waals surface area contributed by atoms with E-state index < -0.39 is 11.9 Å². The summed E-state index contributed by atoms with van der Waals surface area (Å²) in [6, 6.07) is 10.3. The fraction of sp³-hybridized carbons (Fsp3) is 0.412. The number of aromatic nitrogens is 2. The van der Waals surface area contributed by atoms with Crippen molar-refractivity contribution >= 4 is 5.97 Å². The van der Waals surface area contributed by atoms with Gasteiger partial charge in [0.2, 0.25) is 0 Å². The van der Waals surface area contributed by atoms with Crippen molar-refractivity contribution in [2.24, 2.45) is 5.92 Å². The van der Waals surface area contributed by atoms with Crippen LogP contribution in [0.2, 0.25) is 0 Å². The highest BCUT2D eigenvalue weighted by atomic mass is 16.4. The number of rotatable bonds is 7. The molecule has 0 amide bonds. The second-order valence-electron chi connectivity index (χ2n) is 5.45. The number of carboxylic acids is 1. The maximum Gasteiger partial charge on any atom is 0.256 e. The fourth-order valence-corrected chi connectivity index (χ4v) is 2.47. The first-order valence-corrected chi connectivity index (χ1v) is 7.44. The molecule has 1 aromatic carbocycles. The third kappa shape index (κ3) is 3.94. The Kier molecular flexibility index (Phi) is 5.14. The Bertz CT molecular complexity index is 590. The van der Waals surface area contributed by atoms with Gasteiger partial charge >= 0.3 is 0 Å². The number of hydrogen-bond acceptors (Lipinski definition) is 2. The number of nitrogens with zero attached hydrogens (tertiary/aromatic N) is 2. The molecule has 4 nitrogen and oxygen atoms in total. The topological polar surface area (TPSA) is 48.9 Å². The van der Waals surface area contributed by atoms with Crippen LogP contribution in [0, 0.1) is 5.92 Å². The second-order valence-corrected chi connectivity index (χ2v) is 5.45. The molecule has 0 fully saturated rings. The molecule has 0 saturated carbocycles. The largest absolute Gasteiger partial charge is 0.550 e. The van der Waals surface area contributed by atoms with Crippen LogP contribution < -0.4 is 9.67 Å². The molecular weight excluding hydrogens is 264 g/mol. The van der Waals surface area contributed by atoms with Gasteiger partial charge in [0.25, 0.3) is 5.82 Å². The molecule has 0 aliphatic carbocycles. The van der Waals surface area contributed by atoms with Crippen molar-refractivity contribution in [1.82, 2.24) is 4.57 Å². The van der Waals surface area contributed by atoms with Gasteiger partial charge in [0.1, 0.15) is 18.9 Å². The van der Waals surface area contributed by atoms with Crippen molar-refractivity contribution in [1.29, 1.82) is 0 Å². The van der Waals surface area contributed by atoms with E-state index in [2.05, 4.69) is 23.6 Å². The van der Waals surface area contributed by atoms with Gasteiger partial charge in [0.05, 0.1) is 6.54 Å². The van der Waals surface area contributed by atoms with E-state index in [9.17, 15) is 9.90 Å². The number of benzene rings is 1. The number of carboxylic acid groups (broad SMARTS) is 1. The minimum atomic E-state index is -0.999. The number of hydrogen-bond donors (Lipinski definition) is 0. The molecule has 2 aromatic rings. The van der Waals surface area contributed by atoms with Gasteiger partial charge in [0.15, 0.2) is 0 Å². The summed E-state index contributed by atoms with van der Waals surface area (Å²) in [6.45, 7) is 5.08. The summed E-state index contributed by atoms with van der Waals surface area (Å²) in [5, 5.41) is 10.9. The van der Waals surface area contributed by atoms with E-state index >= 15 is 0 Å². The lowest BCUT2D eigenvalue weighted by molar-refractivity contribution is -0.695. The van der Waals surface area contributed by atoms with E-state index in [-0.39, 0.29) is 0 Å². The minimum absolute atomic E-state index is 0.458. The summed E-state index contributed by atoms with van der Waals surface area (Å²) in [5.74, 6) is -0.326. The lowest BCUT2D eigenvalue weighted by Crippen LogP contribution is -2.39. The first kappa shape index (κ1) is 15.3. The Morgan fingerprint density at radius 2 is 2.05 bits per heavy atom. The molecule has 4 heteroatoms. The van der Waals surface area contributed by atoms with Gasteiger partial charge in [-0.2, -0.15) is 0 Å². The molecule has 0 aliphatic heterocycles. The van der Waals surface area contributed by atoms with Crippen LogP contribution in [-0.2, 0) is 24.3 Å². The van der Waals surface area contributed by atoms with Crippen LogP contribution in [0.15, 0.2) is 42.7 Å². The molecule has 0 aliphatic rings. The first-order chi connectivity index (χ1) is 10.1. The summed E-state index contributed by atoms with van der Waals surface area (Å²) < 4.78 is 4.23. The normalized spacial score (nSPS) is 12.3. The van der Waals surface area contributed by atoms with Crippen molar-refractivity contribution in [3.8, 4) is 0 Å². The van der Waals surface area contributed by atoms with Gasteiger partial charge < -0.3 is 9.90 Å². The Morgan fingerprint density at radius 1 is 1.33 bits per heavy atom. The quantitative estimate of drug-likeness (QED) is 0.717.